The summed E-state index contributed by atoms with van der Waals surface area (Å²) in [5, 5.41) is 4.33. The SMILES string of the molecule is CCC(C)NC(=S)N1CCN(Cc2ccccc2C)CC1. The molecule has 1 heterocycles. The number of hydrogen-bond donors (Lipinski definition) is 1. The summed E-state index contributed by atoms with van der Waals surface area (Å²) < 4.78 is 0. The number of thiocarbonyl (C=S) groups is 1. The lowest BCUT2D eigenvalue weighted by Crippen LogP contribution is -2.52. The van der Waals surface area contributed by atoms with Crippen LogP contribution in [-0.4, -0.2) is 47.1 Å². The second-order valence-electron chi connectivity index (χ2n) is 5.95. The minimum Gasteiger partial charge on any atom is -0.360 e. The molecule has 0 aliphatic carbocycles. The average Bonchev–Trinajstić information content (AvgIpc) is 2.50. The van der Waals surface area contributed by atoms with Crippen LogP contribution >= 0.6 is 12.2 Å². The zero-order valence-electron chi connectivity index (χ0n) is 13.4. The third-order valence-electron chi connectivity index (χ3n) is 4.30. The Labute approximate surface area is 134 Å². The van der Waals surface area contributed by atoms with Crippen molar-refractivity contribution in [3.05, 3.63) is 35.4 Å². The third kappa shape index (κ3) is 4.68. The van der Waals surface area contributed by atoms with Crippen LogP contribution in [0.1, 0.15) is 31.4 Å². The van der Waals surface area contributed by atoms with Crippen molar-refractivity contribution in [2.45, 2.75) is 39.8 Å². The fraction of sp³-hybridized carbons (Fsp3) is 0.588. The van der Waals surface area contributed by atoms with E-state index in [1.54, 1.807) is 0 Å². The van der Waals surface area contributed by atoms with E-state index >= 15 is 0 Å². The smallest absolute Gasteiger partial charge is 0.169 e. The molecule has 1 atom stereocenters. The van der Waals surface area contributed by atoms with Gasteiger partial charge in [-0.15, -0.1) is 0 Å². The molecular weight excluding hydrogens is 278 g/mol. The molecule has 0 bridgehead atoms. The Morgan fingerprint density at radius 3 is 2.52 bits per heavy atom. The molecule has 1 fully saturated rings. The minimum absolute atomic E-state index is 0.461. The average molecular weight is 305 g/mol. The van der Waals surface area contributed by atoms with Crippen LogP contribution in [0.4, 0.5) is 0 Å². The summed E-state index contributed by atoms with van der Waals surface area (Å²) in [6, 6.07) is 9.12. The van der Waals surface area contributed by atoms with Gasteiger partial charge in [-0.1, -0.05) is 31.2 Å². The Bertz CT molecular complexity index is 467. The monoisotopic (exact) mass is 305 g/mol. The van der Waals surface area contributed by atoms with E-state index in [1.165, 1.54) is 11.1 Å². The van der Waals surface area contributed by atoms with E-state index in [9.17, 15) is 0 Å². The Hall–Kier alpha value is -1.13. The van der Waals surface area contributed by atoms with Crippen LogP contribution in [0.3, 0.4) is 0 Å². The molecule has 0 saturated carbocycles. The van der Waals surface area contributed by atoms with Crippen molar-refractivity contribution >= 4 is 17.3 Å². The fourth-order valence-electron chi connectivity index (χ4n) is 2.54. The number of piperazine rings is 1. The van der Waals surface area contributed by atoms with Gasteiger partial charge in [0.05, 0.1) is 0 Å². The van der Waals surface area contributed by atoms with Crippen LogP contribution in [-0.2, 0) is 6.54 Å². The number of rotatable bonds is 4. The first-order chi connectivity index (χ1) is 10.1. The number of nitrogens with one attached hydrogen (secondary N) is 1. The zero-order valence-corrected chi connectivity index (χ0v) is 14.2. The molecular formula is C17H27N3S. The van der Waals surface area contributed by atoms with Gasteiger partial charge >= 0.3 is 0 Å². The van der Waals surface area contributed by atoms with Gasteiger partial charge in [-0.05, 0) is 43.6 Å². The molecule has 0 radical (unpaired) electrons. The Balaban J connectivity index is 1.81. The first-order valence-electron chi connectivity index (χ1n) is 7.92. The van der Waals surface area contributed by atoms with E-state index in [2.05, 4.69) is 60.2 Å². The van der Waals surface area contributed by atoms with E-state index in [0.717, 1.165) is 44.3 Å². The highest BCUT2D eigenvalue weighted by Gasteiger charge is 2.19. The number of nitrogens with zero attached hydrogens (tertiary/aromatic N) is 2. The van der Waals surface area contributed by atoms with Gasteiger partial charge in [-0.25, -0.2) is 0 Å². The van der Waals surface area contributed by atoms with Gasteiger partial charge in [0, 0.05) is 38.8 Å². The number of hydrogen-bond acceptors (Lipinski definition) is 2. The predicted octanol–water partition coefficient (Wildman–Crippen LogP) is 2.79. The molecule has 1 aromatic carbocycles. The minimum atomic E-state index is 0.461. The lowest BCUT2D eigenvalue weighted by Gasteiger charge is -2.37. The molecule has 1 unspecified atom stereocenters. The summed E-state index contributed by atoms with van der Waals surface area (Å²) in [6.45, 7) is 11.8. The van der Waals surface area contributed by atoms with Gasteiger partial charge in [0.1, 0.15) is 0 Å². The largest absolute Gasteiger partial charge is 0.360 e. The van der Waals surface area contributed by atoms with Crippen molar-refractivity contribution in [2.24, 2.45) is 0 Å². The van der Waals surface area contributed by atoms with E-state index < -0.39 is 0 Å². The maximum atomic E-state index is 5.50. The summed E-state index contributed by atoms with van der Waals surface area (Å²) in [6.07, 6.45) is 1.10. The van der Waals surface area contributed by atoms with Gasteiger partial charge in [-0.3, -0.25) is 4.90 Å². The molecule has 0 amide bonds. The maximum absolute atomic E-state index is 5.50. The topological polar surface area (TPSA) is 18.5 Å². The summed E-state index contributed by atoms with van der Waals surface area (Å²) in [7, 11) is 0. The molecule has 2 rings (SSSR count). The van der Waals surface area contributed by atoms with Gasteiger partial charge in [-0.2, -0.15) is 0 Å². The molecule has 1 N–H and O–H groups in total. The standard InChI is InChI=1S/C17H27N3S/c1-4-15(3)18-17(21)20-11-9-19(10-12-20)13-16-8-6-5-7-14(16)2/h5-8,15H,4,9-13H2,1-3H3,(H,18,21). The number of aryl methyl sites for hydroxylation is 1. The van der Waals surface area contributed by atoms with E-state index in [1.807, 2.05) is 0 Å². The van der Waals surface area contributed by atoms with Crippen molar-refractivity contribution in [1.82, 2.24) is 15.1 Å². The molecule has 0 spiro atoms. The fourth-order valence-corrected chi connectivity index (χ4v) is 2.93. The maximum Gasteiger partial charge on any atom is 0.169 e. The molecule has 4 heteroatoms. The second-order valence-corrected chi connectivity index (χ2v) is 6.34. The van der Waals surface area contributed by atoms with Crippen LogP contribution in [0.2, 0.25) is 0 Å². The lowest BCUT2D eigenvalue weighted by molar-refractivity contribution is 0.173. The van der Waals surface area contributed by atoms with Crippen LogP contribution < -0.4 is 5.32 Å². The zero-order chi connectivity index (χ0) is 15.2. The van der Waals surface area contributed by atoms with Crippen molar-refractivity contribution in [3.8, 4) is 0 Å². The molecule has 1 aliphatic heterocycles. The van der Waals surface area contributed by atoms with Crippen molar-refractivity contribution in [1.29, 1.82) is 0 Å². The highest BCUT2D eigenvalue weighted by Crippen LogP contribution is 2.12. The van der Waals surface area contributed by atoms with Crippen LogP contribution in [0.15, 0.2) is 24.3 Å². The highest BCUT2D eigenvalue weighted by molar-refractivity contribution is 7.80. The van der Waals surface area contributed by atoms with Crippen molar-refractivity contribution in [2.75, 3.05) is 26.2 Å². The van der Waals surface area contributed by atoms with Gasteiger partial charge < -0.3 is 10.2 Å². The Kier molecular flexibility index (Phi) is 6.00. The molecule has 3 nitrogen and oxygen atoms in total. The molecule has 116 valence electrons. The van der Waals surface area contributed by atoms with E-state index in [4.69, 9.17) is 12.2 Å². The van der Waals surface area contributed by atoms with Crippen LogP contribution in [0.25, 0.3) is 0 Å². The van der Waals surface area contributed by atoms with E-state index in [-0.39, 0.29) is 0 Å². The van der Waals surface area contributed by atoms with Gasteiger partial charge in [0.2, 0.25) is 0 Å². The second kappa shape index (κ2) is 7.76. The molecule has 1 aliphatic rings. The number of benzene rings is 1. The molecule has 0 aromatic heterocycles. The summed E-state index contributed by atoms with van der Waals surface area (Å²) in [5.74, 6) is 0. The Morgan fingerprint density at radius 1 is 1.24 bits per heavy atom. The van der Waals surface area contributed by atoms with Gasteiger partial charge in [0.15, 0.2) is 5.11 Å². The molecule has 1 aromatic rings. The molecule has 1 saturated heterocycles. The lowest BCUT2D eigenvalue weighted by atomic mass is 10.1. The van der Waals surface area contributed by atoms with E-state index in [0.29, 0.717) is 6.04 Å². The first kappa shape index (κ1) is 16.2. The third-order valence-corrected chi connectivity index (χ3v) is 4.67. The summed E-state index contributed by atoms with van der Waals surface area (Å²) in [4.78, 5) is 4.82. The van der Waals surface area contributed by atoms with Crippen LogP contribution in [0.5, 0.6) is 0 Å². The van der Waals surface area contributed by atoms with Crippen molar-refractivity contribution in [3.63, 3.8) is 0 Å². The predicted molar refractivity (Wildman–Crippen MR) is 93.5 cm³/mol. The quantitative estimate of drug-likeness (QED) is 0.862. The van der Waals surface area contributed by atoms with Crippen molar-refractivity contribution < 1.29 is 0 Å². The summed E-state index contributed by atoms with van der Waals surface area (Å²) in [5.41, 5.74) is 2.82. The normalized spacial score (nSPS) is 17.6. The summed E-state index contributed by atoms with van der Waals surface area (Å²) >= 11 is 5.50. The Morgan fingerprint density at radius 2 is 1.90 bits per heavy atom. The first-order valence-corrected chi connectivity index (χ1v) is 8.33. The van der Waals surface area contributed by atoms with Gasteiger partial charge in [0.25, 0.3) is 0 Å². The van der Waals surface area contributed by atoms with Crippen LogP contribution in [0, 0.1) is 6.92 Å². The molecule has 21 heavy (non-hydrogen) atoms. The highest BCUT2D eigenvalue weighted by atomic mass is 32.1.